The molecule has 2 aromatic rings. The minimum atomic E-state index is 0. The third kappa shape index (κ3) is 4.59. The maximum Gasteiger partial charge on any atom is 0.226 e. The van der Waals surface area contributed by atoms with Gasteiger partial charge in [0.2, 0.25) is 5.91 Å². The molecule has 0 atom stereocenters. The molecule has 1 aromatic carbocycles. The summed E-state index contributed by atoms with van der Waals surface area (Å²) in [5, 5.41) is 2.14. The van der Waals surface area contributed by atoms with E-state index >= 15 is 0 Å². The number of rotatable bonds is 5. The quantitative estimate of drug-likeness (QED) is 0.775. The third-order valence-electron chi connectivity index (χ3n) is 4.49. The number of para-hydroxylation sites is 1. The first-order chi connectivity index (χ1) is 11.3. The second-order valence-corrected chi connectivity index (χ2v) is 7.07. The van der Waals surface area contributed by atoms with Gasteiger partial charge in [0.25, 0.3) is 0 Å². The molecular weight excluding hydrogens is 340 g/mol. The van der Waals surface area contributed by atoms with Crippen molar-refractivity contribution in [1.82, 2.24) is 4.90 Å². The highest BCUT2D eigenvalue weighted by Gasteiger charge is 2.28. The van der Waals surface area contributed by atoms with E-state index in [9.17, 15) is 4.79 Å². The van der Waals surface area contributed by atoms with Gasteiger partial charge in [0, 0.05) is 42.7 Å². The van der Waals surface area contributed by atoms with Gasteiger partial charge in [0.05, 0.1) is 0 Å². The first-order valence-corrected chi connectivity index (χ1v) is 9.27. The van der Waals surface area contributed by atoms with Crippen LogP contribution < -0.4 is 4.90 Å². The van der Waals surface area contributed by atoms with E-state index in [-0.39, 0.29) is 18.3 Å². The Morgan fingerprint density at radius 2 is 1.88 bits per heavy atom. The van der Waals surface area contributed by atoms with Crippen molar-refractivity contribution in [3.8, 4) is 0 Å². The molecule has 0 saturated carbocycles. The highest BCUT2D eigenvalue weighted by Crippen LogP contribution is 2.25. The molecule has 2 heterocycles. The fourth-order valence-corrected chi connectivity index (χ4v) is 4.02. The van der Waals surface area contributed by atoms with E-state index in [2.05, 4.69) is 22.4 Å². The molecular formula is C19H25ClN2OS. The van der Waals surface area contributed by atoms with E-state index in [0.29, 0.717) is 12.5 Å². The molecule has 1 aliphatic heterocycles. The van der Waals surface area contributed by atoms with Crippen LogP contribution >= 0.6 is 23.7 Å². The minimum absolute atomic E-state index is 0. The van der Waals surface area contributed by atoms with Crippen LogP contribution in [0.3, 0.4) is 0 Å². The van der Waals surface area contributed by atoms with Crippen molar-refractivity contribution in [2.24, 2.45) is 0 Å². The van der Waals surface area contributed by atoms with Gasteiger partial charge in [-0.05, 0) is 36.4 Å². The van der Waals surface area contributed by atoms with Crippen LogP contribution in [0.4, 0.5) is 5.69 Å². The van der Waals surface area contributed by atoms with E-state index in [4.69, 9.17) is 0 Å². The number of halogens is 1. The second kappa shape index (κ2) is 9.21. The van der Waals surface area contributed by atoms with Gasteiger partial charge in [-0.25, -0.2) is 0 Å². The molecule has 5 heteroatoms. The maximum atomic E-state index is 12.5. The van der Waals surface area contributed by atoms with Gasteiger partial charge in [0.1, 0.15) is 0 Å². The van der Waals surface area contributed by atoms with Crippen LogP contribution in [-0.2, 0) is 11.3 Å². The molecule has 0 aliphatic carbocycles. The summed E-state index contributed by atoms with van der Waals surface area (Å²) in [7, 11) is 0. The highest BCUT2D eigenvalue weighted by atomic mass is 35.5. The molecule has 1 aliphatic rings. The van der Waals surface area contributed by atoms with Gasteiger partial charge in [-0.1, -0.05) is 31.2 Å². The van der Waals surface area contributed by atoms with Crippen LogP contribution in [-0.4, -0.2) is 29.9 Å². The van der Waals surface area contributed by atoms with Crippen molar-refractivity contribution < 1.29 is 4.79 Å². The molecule has 0 N–H and O–H groups in total. The van der Waals surface area contributed by atoms with E-state index in [1.165, 1.54) is 4.88 Å². The number of hydrogen-bond acceptors (Lipinski definition) is 3. The van der Waals surface area contributed by atoms with E-state index in [1.807, 2.05) is 53.5 Å². The van der Waals surface area contributed by atoms with Crippen molar-refractivity contribution in [1.29, 1.82) is 0 Å². The molecule has 3 nitrogen and oxygen atoms in total. The number of benzene rings is 1. The number of likely N-dealkylation sites (tertiary alicyclic amines) is 1. The molecule has 1 saturated heterocycles. The van der Waals surface area contributed by atoms with Crippen molar-refractivity contribution in [3.05, 3.63) is 52.7 Å². The van der Waals surface area contributed by atoms with Gasteiger partial charge >= 0.3 is 0 Å². The molecule has 130 valence electrons. The SMILES string of the molecule is CCC(=O)N(c1ccccc1)C1CCN(Cc2cccs2)CC1.Cl. The van der Waals surface area contributed by atoms with E-state index in [0.717, 1.165) is 38.2 Å². The Labute approximate surface area is 154 Å². The minimum Gasteiger partial charge on any atom is -0.309 e. The van der Waals surface area contributed by atoms with Crippen molar-refractivity contribution in [3.63, 3.8) is 0 Å². The fraction of sp³-hybridized carbons (Fsp3) is 0.421. The monoisotopic (exact) mass is 364 g/mol. The van der Waals surface area contributed by atoms with Gasteiger partial charge in [-0.2, -0.15) is 0 Å². The molecule has 3 rings (SSSR count). The van der Waals surface area contributed by atoms with Crippen LogP contribution in [0.2, 0.25) is 0 Å². The van der Waals surface area contributed by atoms with Crippen LogP contribution in [0.25, 0.3) is 0 Å². The van der Waals surface area contributed by atoms with Gasteiger partial charge in [-0.3, -0.25) is 9.69 Å². The zero-order chi connectivity index (χ0) is 16.1. The Hall–Kier alpha value is -1.36. The molecule has 0 bridgehead atoms. The predicted octanol–water partition coefficient (Wildman–Crippen LogP) is 4.58. The van der Waals surface area contributed by atoms with E-state index in [1.54, 1.807) is 0 Å². The lowest BCUT2D eigenvalue weighted by Crippen LogP contribution is -2.47. The smallest absolute Gasteiger partial charge is 0.226 e. The van der Waals surface area contributed by atoms with Crippen molar-refractivity contribution >= 4 is 35.3 Å². The van der Waals surface area contributed by atoms with Crippen molar-refractivity contribution in [2.45, 2.75) is 38.8 Å². The Bertz CT molecular complexity index is 610. The summed E-state index contributed by atoms with van der Waals surface area (Å²) < 4.78 is 0. The average molecular weight is 365 g/mol. The number of hydrogen-bond donors (Lipinski definition) is 0. The number of piperidine rings is 1. The Morgan fingerprint density at radius 1 is 1.17 bits per heavy atom. The number of nitrogens with zero attached hydrogens (tertiary/aromatic N) is 2. The summed E-state index contributed by atoms with van der Waals surface area (Å²) in [6.07, 6.45) is 2.66. The molecule has 1 aromatic heterocycles. The average Bonchev–Trinajstić information content (AvgIpc) is 3.10. The lowest BCUT2D eigenvalue weighted by atomic mass is 10.0. The van der Waals surface area contributed by atoms with Crippen LogP contribution in [0, 0.1) is 0 Å². The summed E-state index contributed by atoms with van der Waals surface area (Å²) in [5.74, 6) is 0.230. The largest absolute Gasteiger partial charge is 0.309 e. The predicted molar refractivity (Wildman–Crippen MR) is 104 cm³/mol. The summed E-state index contributed by atoms with van der Waals surface area (Å²) in [5.41, 5.74) is 1.04. The van der Waals surface area contributed by atoms with Crippen LogP contribution in [0.15, 0.2) is 47.8 Å². The van der Waals surface area contributed by atoms with Crippen LogP contribution in [0.1, 0.15) is 31.1 Å². The zero-order valence-corrected chi connectivity index (χ0v) is 15.7. The Morgan fingerprint density at radius 3 is 2.46 bits per heavy atom. The Kier molecular flexibility index (Phi) is 7.28. The van der Waals surface area contributed by atoms with E-state index < -0.39 is 0 Å². The third-order valence-corrected chi connectivity index (χ3v) is 5.35. The Balaban J connectivity index is 0.00000208. The topological polar surface area (TPSA) is 23.6 Å². The van der Waals surface area contributed by atoms with Crippen LogP contribution in [0.5, 0.6) is 0 Å². The number of amides is 1. The number of thiophene rings is 1. The number of carbonyl (C=O) groups excluding carboxylic acids is 1. The summed E-state index contributed by atoms with van der Waals surface area (Å²) in [6, 6.07) is 14.8. The highest BCUT2D eigenvalue weighted by molar-refractivity contribution is 7.09. The lowest BCUT2D eigenvalue weighted by molar-refractivity contribution is -0.119. The molecule has 1 fully saturated rings. The number of anilines is 1. The first-order valence-electron chi connectivity index (χ1n) is 8.39. The summed E-state index contributed by atoms with van der Waals surface area (Å²) >= 11 is 1.82. The fourth-order valence-electron chi connectivity index (χ4n) is 3.28. The van der Waals surface area contributed by atoms with Crippen molar-refractivity contribution in [2.75, 3.05) is 18.0 Å². The van der Waals surface area contributed by atoms with Gasteiger partial charge in [0.15, 0.2) is 0 Å². The van der Waals surface area contributed by atoms with Gasteiger partial charge in [-0.15, -0.1) is 23.7 Å². The standard InChI is InChI=1S/C19H24N2OS.ClH/c1-2-19(22)21(16-7-4-3-5-8-16)17-10-12-20(13-11-17)15-18-9-6-14-23-18;/h3-9,14,17H,2,10-13,15H2,1H3;1H. The lowest BCUT2D eigenvalue weighted by Gasteiger charge is -2.38. The second-order valence-electron chi connectivity index (χ2n) is 6.04. The molecule has 24 heavy (non-hydrogen) atoms. The molecule has 1 amide bonds. The number of carbonyl (C=O) groups is 1. The summed E-state index contributed by atoms with van der Waals surface area (Å²) in [6.45, 7) is 5.10. The summed E-state index contributed by atoms with van der Waals surface area (Å²) in [4.78, 5) is 18.4. The normalized spacial score (nSPS) is 15.7. The maximum absolute atomic E-state index is 12.5. The molecule has 0 spiro atoms. The zero-order valence-electron chi connectivity index (χ0n) is 14.1. The molecule has 0 radical (unpaired) electrons. The van der Waals surface area contributed by atoms with Gasteiger partial charge < -0.3 is 4.90 Å². The first kappa shape index (κ1) is 19.0. The molecule has 0 unspecified atom stereocenters.